The van der Waals surface area contributed by atoms with Gasteiger partial charge in [0.1, 0.15) is 11.8 Å². The first-order valence-corrected chi connectivity index (χ1v) is 9.43. The summed E-state index contributed by atoms with van der Waals surface area (Å²) < 4.78 is 0. The van der Waals surface area contributed by atoms with Crippen LogP contribution < -0.4 is 10.6 Å². The fraction of sp³-hybridized carbons (Fsp3) is 0.208. The van der Waals surface area contributed by atoms with Crippen molar-refractivity contribution in [2.75, 3.05) is 11.4 Å². The normalized spacial score (nSPS) is 11.8. The van der Waals surface area contributed by atoms with Crippen molar-refractivity contribution < 1.29 is 9.90 Å². The number of carbonyl (C=O) groups is 1. The molecule has 4 nitrogen and oxygen atoms in total. The topological polar surface area (TPSA) is 66.6 Å². The number of hydrogen-bond donors (Lipinski definition) is 2. The highest BCUT2D eigenvalue weighted by atomic mass is 16.3. The molecular formula is C24H26N2O2. The van der Waals surface area contributed by atoms with Gasteiger partial charge in [-0.05, 0) is 66.8 Å². The van der Waals surface area contributed by atoms with Crippen molar-refractivity contribution in [3.63, 3.8) is 0 Å². The number of aryl methyl sites for hydroxylation is 2. The average molecular weight is 374 g/mol. The second-order valence-corrected chi connectivity index (χ2v) is 7.07. The van der Waals surface area contributed by atoms with E-state index < -0.39 is 6.04 Å². The van der Waals surface area contributed by atoms with Gasteiger partial charge in [-0.2, -0.15) is 0 Å². The van der Waals surface area contributed by atoms with E-state index in [1.807, 2.05) is 74.5 Å². The van der Waals surface area contributed by atoms with E-state index >= 15 is 0 Å². The van der Waals surface area contributed by atoms with Gasteiger partial charge in [0.25, 0.3) is 0 Å². The molecule has 0 spiro atoms. The Balaban J connectivity index is 1.89. The van der Waals surface area contributed by atoms with Crippen molar-refractivity contribution in [1.29, 1.82) is 0 Å². The van der Waals surface area contributed by atoms with Gasteiger partial charge in [0, 0.05) is 12.2 Å². The maximum absolute atomic E-state index is 13.3. The summed E-state index contributed by atoms with van der Waals surface area (Å²) in [6.45, 7) is 4.56. The predicted octanol–water partition coefficient (Wildman–Crippen LogP) is 4.28. The Morgan fingerprint density at radius 3 is 2.39 bits per heavy atom. The zero-order valence-corrected chi connectivity index (χ0v) is 16.3. The van der Waals surface area contributed by atoms with Gasteiger partial charge in [-0.25, -0.2) is 0 Å². The molecule has 0 saturated carbocycles. The number of nitrogens with zero attached hydrogens (tertiary/aromatic N) is 1. The minimum atomic E-state index is -0.730. The first-order chi connectivity index (χ1) is 13.5. The highest BCUT2D eigenvalue weighted by Crippen LogP contribution is 2.23. The number of amides is 1. The lowest BCUT2D eigenvalue weighted by Gasteiger charge is -2.27. The first kappa shape index (κ1) is 19.6. The van der Waals surface area contributed by atoms with Gasteiger partial charge in [0.05, 0.1) is 0 Å². The third-order valence-corrected chi connectivity index (χ3v) is 5.03. The van der Waals surface area contributed by atoms with E-state index in [0.29, 0.717) is 13.0 Å². The molecule has 3 N–H and O–H groups in total. The summed E-state index contributed by atoms with van der Waals surface area (Å²) in [5.74, 6) is 0.0807. The Kier molecular flexibility index (Phi) is 6.12. The fourth-order valence-electron chi connectivity index (χ4n) is 3.18. The Morgan fingerprint density at radius 1 is 0.964 bits per heavy atom. The van der Waals surface area contributed by atoms with Gasteiger partial charge < -0.3 is 15.7 Å². The molecule has 0 aliphatic carbocycles. The van der Waals surface area contributed by atoms with Crippen molar-refractivity contribution in [2.24, 2.45) is 5.73 Å². The zero-order chi connectivity index (χ0) is 20.1. The van der Waals surface area contributed by atoms with Crippen molar-refractivity contribution in [2.45, 2.75) is 26.3 Å². The molecule has 1 atom stereocenters. The van der Waals surface area contributed by atoms with Crippen LogP contribution in [0.3, 0.4) is 0 Å². The van der Waals surface area contributed by atoms with E-state index in [9.17, 15) is 9.90 Å². The molecule has 0 aliphatic heterocycles. The van der Waals surface area contributed by atoms with Crippen LogP contribution in [0.25, 0.3) is 0 Å². The molecule has 0 saturated heterocycles. The highest BCUT2D eigenvalue weighted by molar-refractivity contribution is 5.97. The lowest BCUT2D eigenvalue weighted by molar-refractivity contribution is -0.120. The number of benzene rings is 3. The van der Waals surface area contributed by atoms with Gasteiger partial charge in [0.2, 0.25) is 5.91 Å². The van der Waals surface area contributed by atoms with Crippen LogP contribution in [-0.4, -0.2) is 17.6 Å². The number of phenols is 1. The standard InChI is InChI=1S/C24H26N2O2/c1-17-11-12-21(15-18(17)2)26(14-13-19-7-6-10-22(27)16-19)24(28)23(25)20-8-4-3-5-9-20/h3-12,15-16,23,27H,13-14,25H2,1-2H3. The maximum atomic E-state index is 13.3. The third-order valence-electron chi connectivity index (χ3n) is 5.03. The summed E-state index contributed by atoms with van der Waals surface area (Å²) in [5.41, 5.74) is 11.2. The summed E-state index contributed by atoms with van der Waals surface area (Å²) in [6, 6.07) is 21.8. The molecule has 4 heteroatoms. The second kappa shape index (κ2) is 8.72. The van der Waals surface area contributed by atoms with Crippen LogP contribution in [0.1, 0.15) is 28.3 Å². The van der Waals surface area contributed by atoms with Gasteiger partial charge in [-0.15, -0.1) is 0 Å². The Hall–Kier alpha value is -3.11. The Bertz CT molecular complexity index is 954. The number of hydrogen-bond acceptors (Lipinski definition) is 3. The van der Waals surface area contributed by atoms with E-state index in [0.717, 1.165) is 22.4 Å². The Labute approximate surface area is 166 Å². The third kappa shape index (κ3) is 4.59. The summed E-state index contributed by atoms with van der Waals surface area (Å²) in [5, 5.41) is 9.71. The lowest BCUT2D eigenvalue weighted by atomic mass is 10.0. The number of carbonyl (C=O) groups excluding carboxylic acids is 1. The summed E-state index contributed by atoms with van der Waals surface area (Å²) >= 11 is 0. The molecule has 0 fully saturated rings. The zero-order valence-electron chi connectivity index (χ0n) is 16.3. The molecule has 144 valence electrons. The molecule has 3 aromatic rings. The van der Waals surface area contributed by atoms with Crippen molar-refractivity contribution in [3.05, 3.63) is 95.1 Å². The van der Waals surface area contributed by atoms with Gasteiger partial charge >= 0.3 is 0 Å². The summed E-state index contributed by atoms with van der Waals surface area (Å²) in [7, 11) is 0. The van der Waals surface area contributed by atoms with Crippen LogP contribution in [0.15, 0.2) is 72.8 Å². The summed E-state index contributed by atoms with van der Waals surface area (Å²) in [6.07, 6.45) is 0.620. The van der Waals surface area contributed by atoms with Gasteiger partial charge in [-0.1, -0.05) is 48.5 Å². The first-order valence-electron chi connectivity index (χ1n) is 9.43. The minimum Gasteiger partial charge on any atom is -0.508 e. The largest absolute Gasteiger partial charge is 0.508 e. The molecule has 0 aromatic heterocycles. The van der Waals surface area contributed by atoms with Crippen LogP contribution in [-0.2, 0) is 11.2 Å². The quantitative estimate of drug-likeness (QED) is 0.677. The van der Waals surface area contributed by atoms with Gasteiger partial charge in [0.15, 0.2) is 0 Å². The van der Waals surface area contributed by atoms with Crippen molar-refractivity contribution in [1.82, 2.24) is 0 Å². The number of phenolic OH excluding ortho intramolecular Hbond substituents is 1. The monoisotopic (exact) mass is 374 g/mol. The fourth-order valence-corrected chi connectivity index (χ4v) is 3.18. The number of aromatic hydroxyl groups is 1. The molecule has 0 bridgehead atoms. The van der Waals surface area contributed by atoms with E-state index in [2.05, 4.69) is 0 Å². The van der Waals surface area contributed by atoms with E-state index in [1.54, 1.807) is 17.0 Å². The Morgan fingerprint density at radius 2 is 1.71 bits per heavy atom. The highest BCUT2D eigenvalue weighted by Gasteiger charge is 2.24. The minimum absolute atomic E-state index is 0.144. The summed E-state index contributed by atoms with van der Waals surface area (Å²) in [4.78, 5) is 15.0. The average Bonchev–Trinajstić information content (AvgIpc) is 2.70. The lowest BCUT2D eigenvalue weighted by Crippen LogP contribution is -2.40. The molecule has 1 unspecified atom stereocenters. The van der Waals surface area contributed by atoms with E-state index in [-0.39, 0.29) is 11.7 Å². The SMILES string of the molecule is Cc1ccc(N(CCc2cccc(O)c2)C(=O)C(N)c2ccccc2)cc1C. The van der Waals surface area contributed by atoms with Gasteiger partial charge in [-0.3, -0.25) is 4.79 Å². The number of anilines is 1. The number of nitrogens with two attached hydrogens (primary N) is 1. The molecule has 0 heterocycles. The van der Waals surface area contributed by atoms with Crippen LogP contribution >= 0.6 is 0 Å². The predicted molar refractivity (Wildman–Crippen MR) is 113 cm³/mol. The van der Waals surface area contributed by atoms with E-state index in [4.69, 9.17) is 5.73 Å². The molecule has 3 aromatic carbocycles. The second-order valence-electron chi connectivity index (χ2n) is 7.07. The van der Waals surface area contributed by atoms with Crippen LogP contribution in [0.2, 0.25) is 0 Å². The van der Waals surface area contributed by atoms with E-state index in [1.165, 1.54) is 5.56 Å². The van der Waals surface area contributed by atoms with Crippen LogP contribution in [0.4, 0.5) is 5.69 Å². The van der Waals surface area contributed by atoms with Crippen molar-refractivity contribution in [3.8, 4) is 5.75 Å². The maximum Gasteiger partial charge on any atom is 0.248 e. The van der Waals surface area contributed by atoms with Crippen LogP contribution in [0.5, 0.6) is 5.75 Å². The molecule has 0 aliphatic rings. The molecule has 3 rings (SSSR count). The molecule has 1 amide bonds. The molecular weight excluding hydrogens is 348 g/mol. The van der Waals surface area contributed by atoms with Crippen LogP contribution in [0, 0.1) is 13.8 Å². The smallest absolute Gasteiger partial charge is 0.248 e. The molecule has 0 radical (unpaired) electrons. The molecule has 28 heavy (non-hydrogen) atoms. The van der Waals surface area contributed by atoms with Crippen molar-refractivity contribution >= 4 is 11.6 Å². The number of rotatable bonds is 6.